The number of hydrogen-bond acceptors (Lipinski definition) is 8. The number of aldehydes is 2. The summed E-state index contributed by atoms with van der Waals surface area (Å²) in [4.78, 5) is 38.3. The first-order valence-corrected chi connectivity index (χ1v) is 6.39. The maximum Gasteiger partial charge on any atom is 0.268 e. The molecule has 0 saturated heterocycles. The van der Waals surface area contributed by atoms with E-state index in [0.29, 0.717) is 11.4 Å². The summed E-state index contributed by atoms with van der Waals surface area (Å²) in [7, 11) is 0. The molecule has 0 atom stereocenters. The van der Waals surface area contributed by atoms with Crippen LogP contribution in [0.4, 0.5) is 11.4 Å². The smallest absolute Gasteiger partial charge is 0.268 e. The number of aromatic hydroxyl groups is 2. The Kier molecular flexibility index (Phi) is 13.6. The average molecular weight is 570 g/mol. The number of para-hydroxylation sites is 4. The maximum atomic E-state index is 9.79. The van der Waals surface area contributed by atoms with Gasteiger partial charge in [-0.2, -0.15) is 0 Å². The molecule has 0 spiro atoms. The molecule has 0 aliphatic carbocycles. The molecule has 0 aromatic heterocycles. The molecule has 2 rings (SSSR count). The minimum Gasteiger partial charge on any atom is -0.506 e. The van der Waals surface area contributed by atoms with Gasteiger partial charge >= 0.3 is 0 Å². The Labute approximate surface area is 167 Å². The van der Waals surface area contributed by atoms with E-state index in [0.717, 1.165) is 0 Å². The quantitative estimate of drug-likeness (QED) is 0.136. The Morgan fingerprint density at radius 3 is 1.16 bits per heavy atom. The van der Waals surface area contributed by atoms with Crippen LogP contribution < -0.4 is 11.5 Å². The predicted molar refractivity (Wildman–Crippen MR) is 87.2 cm³/mol. The van der Waals surface area contributed by atoms with Crippen LogP contribution in [-0.4, -0.2) is 34.4 Å². The first-order chi connectivity index (χ1) is 11.3. The van der Waals surface area contributed by atoms with Crippen molar-refractivity contribution in [2.24, 2.45) is 0 Å². The summed E-state index contributed by atoms with van der Waals surface area (Å²) in [6.07, 6.45) is -0.395. The van der Waals surface area contributed by atoms with Crippen LogP contribution in [0.15, 0.2) is 48.5 Å². The molecule has 0 fully saturated rings. The summed E-state index contributed by atoms with van der Waals surface area (Å²) in [5, 5.41) is 17.6. The zero-order valence-electron chi connectivity index (χ0n) is 13.0. The van der Waals surface area contributed by atoms with Gasteiger partial charge < -0.3 is 21.7 Å². The molecular formula is C16H16N2O6U. The van der Waals surface area contributed by atoms with Crippen LogP contribution in [0, 0.1) is 31.1 Å². The van der Waals surface area contributed by atoms with Crippen LogP contribution in [0.3, 0.4) is 0 Å². The van der Waals surface area contributed by atoms with E-state index in [4.69, 9.17) is 21.7 Å². The fraction of sp³-hybridized carbons (Fsp3) is 0. The Hall–Kier alpha value is -2.63. The molecule has 8 nitrogen and oxygen atoms in total. The summed E-state index contributed by atoms with van der Waals surface area (Å²) in [5.41, 5.74) is 11.4. The van der Waals surface area contributed by atoms with Gasteiger partial charge in [-0.05, 0) is 24.3 Å². The topological polar surface area (TPSA) is 161 Å². The number of anilines is 2. The van der Waals surface area contributed by atoms with E-state index in [1.807, 2.05) is 0 Å². The van der Waals surface area contributed by atoms with Gasteiger partial charge in [-0.15, -0.1) is 0 Å². The number of carbonyl (C=O) groups excluding carboxylic acids is 4. The third-order valence-electron chi connectivity index (χ3n) is 2.33. The van der Waals surface area contributed by atoms with E-state index in [9.17, 15) is 19.2 Å². The molecule has 9 heteroatoms. The van der Waals surface area contributed by atoms with Gasteiger partial charge in [0.15, 0.2) is 12.6 Å². The normalized spacial score (nSPS) is 8.16. The molecule has 0 unspecified atom stereocenters. The van der Waals surface area contributed by atoms with Crippen molar-refractivity contribution in [2.45, 2.75) is 0 Å². The molecule has 2 aromatic rings. The van der Waals surface area contributed by atoms with Crippen LogP contribution in [0.2, 0.25) is 0 Å². The van der Waals surface area contributed by atoms with E-state index in [1.54, 1.807) is 48.5 Å². The molecule has 25 heavy (non-hydrogen) atoms. The second-order valence-corrected chi connectivity index (χ2v) is 4.08. The van der Waals surface area contributed by atoms with Crippen molar-refractivity contribution in [3.8, 4) is 11.5 Å². The monoisotopic (exact) mass is 570 g/mol. The molecular weight excluding hydrogens is 554 g/mol. The zero-order valence-corrected chi connectivity index (χ0v) is 17.1. The van der Waals surface area contributed by atoms with Crippen molar-refractivity contribution < 1.29 is 60.5 Å². The molecule has 130 valence electrons. The molecule has 0 radical (unpaired) electrons. The zero-order chi connectivity index (χ0) is 18.5. The second-order valence-electron chi connectivity index (χ2n) is 4.08. The van der Waals surface area contributed by atoms with Gasteiger partial charge in [0.05, 0.1) is 11.4 Å². The van der Waals surface area contributed by atoms with Gasteiger partial charge in [-0.3, -0.25) is 19.2 Å². The molecule has 0 bridgehead atoms. The van der Waals surface area contributed by atoms with E-state index in [-0.39, 0.29) is 55.2 Å². The predicted octanol–water partition coefficient (Wildman–Crippen LogP) is 0.471. The van der Waals surface area contributed by atoms with Crippen LogP contribution in [0.1, 0.15) is 0 Å². The first kappa shape index (κ1) is 24.6. The molecule has 0 amide bonds. The fourth-order valence-electron chi connectivity index (χ4n) is 1.09. The van der Waals surface area contributed by atoms with E-state index < -0.39 is 11.6 Å². The number of ketones is 2. The van der Waals surface area contributed by atoms with Crippen LogP contribution in [-0.2, 0) is 19.2 Å². The van der Waals surface area contributed by atoms with Crippen molar-refractivity contribution in [2.75, 3.05) is 11.5 Å². The number of phenolic OH excluding ortho intramolecular Hbond substituents is 2. The minimum absolute atomic E-state index is 0. The molecule has 2 aromatic carbocycles. The Morgan fingerprint density at radius 1 is 0.720 bits per heavy atom. The van der Waals surface area contributed by atoms with Crippen molar-refractivity contribution in [3.63, 3.8) is 0 Å². The number of carbonyl (C=O) groups is 4. The number of nitrogen functional groups attached to an aromatic ring is 2. The van der Waals surface area contributed by atoms with Crippen molar-refractivity contribution >= 4 is 35.5 Å². The van der Waals surface area contributed by atoms with Crippen molar-refractivity contribution in [1.29, 1.82) is 0 Å². The Balaban J connectivity index is 0. The van der Waals surface area contributed by atoms with Crippen LogP contribution in [0.5, 0.6) is 11.5 Å². The summed E-state index contributed by atoms with van der Waals surface area (Å²) in [6, 6.07) is 13.4. The van der Waals surface area contributed by atoms with Gasteiger partial charge in [-0.25, -0.2) is 0 Å². The Morgan fingerprint density at radius 2 is 1.00 bits per heavy atom. The fourth-order valence-corrected chi connectivity index (χ4v) is 1.09. The molecule has 6 N–H and O–H groups in total. The summed E-state index contributed by atoms with van der Waals surface area (Å²) in [5.74, 6) is -2.32. The van der Waals surface area contributed by atoms with Gasteiger partial charge in [0, 0.05) is 31.1 Å². The number of nitrogens with two attached hydrogens (primary N) is 2. The third kappa shape index (κ3) is 10.7. The molecule has 0 aliphatic rings. The average Bonchev–Trinajstić information content (AvgIpc) is 2.60. The van der Waals surface area contributed by atoms with Gasteiger partial charge in [0.25, 0.3) is 11.6 Å². The van der Waals surface area contributed by atoms with Crippen LogP contribution >= 0.6 is 0 Å². The van der Waals surface area contributed by atoms with Gasteiger partial charge in [0.1, 0.15) is 11.5 Å². The standard InChI is InChI=1S/2C6H7NO.C4H2O4.U/c2*7-5-3-1-2-4-6(5)8;5-1-3(7)4(8)2-6;/h2*1-4,8H,7H2;1-2H;. The maximum absolute atomic E-state index is 9.79. The molecule has 0 saturated carbocycles. The van der Waals surface area contributed by atoms with E-state index in [1.165, 1.54) is 0 Å². The Bertz CT molecular complexity index is 618. The largest absolute Gasteiger partial charge is 0.506 e. The second kappa shape index (κ2) is 13.8. The first-order valence-electron chi connectivity index (χ1n) is 6.39. The SMILES string of the molecule is Nc1ccccc1O.Nc1ccccc1O.O=CC(=O)C(=O)C=O.[U]. The summed E-state index contributed by atoms with van der Waals surface area (Å²) in [6.45, 7) is 0. The van der Waals surface area contributed by atoms with E-state index >= 15 is 0 Å². The van der Waals surface area contributed by atoms with Crippen molar-refractivity contribution in [1.82, 2.24) is 0 Å². The number of phenols is 2. The number of hydrogen-bond donors (Lipinski definition) is 4. The number of rotatable bonds is 3. The van der Waals surface area contributed by atoms with E-state index in [2.05, 4.69) is 0 Å². The summed E-state index contributed by atoms with van der Waals surface area (Å²) < 4.78 is 0. The minimum atomic E-state index is -1.31. The molecule has 0 aliphatic heterocycles. The van der Waals surface area contributed by atoms with Gasteiger partial charge in [-0.1, -0.05) is 24.3 Å². The van der Waals surface area contributed by atoms with Crippen molar-refractivity contribution in [3.05, 3.63) is 48.5 Å². The third-order valence-corrected chi connectivity index (χ3v) is 2.33. The molecule has 0 heterocycles. The number of benzene rings is 2. The van der Waals surface area contributed by atoms with Gasteiger partial charge in [0.2, 0.25) is 0 Å². The van der Waals surface area contributed by atoms with Crippen LogP contribution in [0.25, 0.3) is 0 Å². The summed E-state index contributed by atoms with van der Waals surface area (Å²) >= 11 is 0. The number of Topliss-reactive ketones (excluding diaryl/α,β-unsaturated/α-hetero) is 2.